The Labute approximate surface area is 158 Å². The van der Waals surface area contributed by atoms with Gasteiger partial charge < -0.3 is 14.8 Å². The first-order chi connectivity index (χ1) is 13.1. The van der Waals surface area contributed by atoms with E-state index in [-0.39, 0.29) is 11.8 Å². The lowest BCUT2D eigenvalue weighted by Crippen LogP contribution is -2.22. The van der Waals surface area contributed by atoms with Crippen LogP contribution in [0.2, 0.25) is 0 Å². The van der Waals surface area contributed by atoms with Gasteiger partial charge in [0.05, 0.1) is 31.8 Å². The van der Waals surface area contributed by atoms with E-state index in [1.807, 2.05) is 44.3 Å². The molecule has 0 aliphatic heterocycles. The predicted molar refractivity (Wildman–Crippen MR) is 104 cm³/mol. The summed E-state index contributed by atoms with van der Waals surface area (Å²) in [6.45, 7) is 4.03. The minimum absolute atomic E-state index is 0.00291. The standard InChI is InChI=1S/C20H24N4O3/c1-5-13(6-2)20(25)22-15-11-14(7-8-17(15)26-3)16-12-24-18(21-16)9-10-19(23-24)27-4/h7-13H,5-6H2,1-4H3,(H,22,25). The maximum Gasteiger partial charge on any atom is 0.231 e. The number of hydrogen-bond acceptors (Lipinski definition) is 5. The van der Waals surface area contributed by atoms with Gasteiger partial charge in [-0.05, 0) is 37.1 Å². The summed E-state index contributed by atoms with van der Waals surface area (Å²) in [6, 6.07) is 9.22. The van der Waals surface area contributed by atoms with Crippen LogP contribution in [0.4, 0.5) is 5.69 Å². The van der Waals surface area contributed by atoms with Crippen molar-refractivity contribution in [3.8, 4) is 22.9 Å². The van der Waals surface area contributed by atoms with Gasteiger partial charge in [0.15, 0.2) is 5.65 Å². The first kappa shape index (κ1) is 18.7. The molecule has 0 aliphatic rings. The van der Waals surface area contributed by atoms with Crippen LogP contribution >= 0.6 is 0 Å². The van der Waals surface area contributed by atoms with Gasteiger partial charge in [0.2, 0.25) is 11.8 Å². The molecule has 2 heterocycles. The van der Waals surface area contributed by atoms with Crippen molar-refractivity contribution in [2.24, 2.45) is 5.92 Å². The zero-order chi connectivity index (χ0) is 19.4. The highest BCUT2D eigenvalue weighted by atomic mass is 16.5. The molecule has 0 saturated heterocycles. The molecule has 1 N–H and O–H groups in total. The zero-order valence-corrected chi connectivity index (χ0v) is 16.0. The number of hydrogen-bond donors (Lipinski definition) is 1. The lowest BCUT2D eigenvalue weighted by Gasteiger charge is -2.15. The Morgan fingerprint density at radius 1 is 1.15 bits per heavy atom. The van der Waals surface area contributed by atoms with Crippen LogP contribution in [0.25, 0.3) is 16.9 Å². The number of carbonyl (C=O) groups excluding carboxylic acids is 1. The molecule has 142 valence electrons. The molecule has 1 aromatic carbocycles. The van der Waals surface area contributed by atoms with E-state index in [1.165, 1.54) is 0 Å². The van der Waals surface area contributed by atoms with Crippen LogP contribution in [-0.2, 0) is 4.79 Å². The highest BCUT2D eigenvalue weighted by Gasteiger charge is 2.17. The topological polar surface area (TPSA) is 77.8 Å². The van der Waals surface area contributed by atoms with Crippen LogP contribution in [0.5, 0.6) is 11.6 Å². The van der Waals surface area contributed by atoms with E-state index in [1.54, 1.807) is 24.8 Å². The summed E-state index contributed by atoms with van der Waals surface area (Å²) >= 11 is 0. The number of rotatable bonds is 7. The number of nitrogens with one attached hydrogen (secondary N) is 1. The number of carbonyl (C=O) groups is 1. The second kappa shape index (κ2) is 8.07. The van der Waals surface area contributed by atoms with E-state index in [2.05, 4.69) is 15.4 Å². The van der Waals surface area contributed by atoms with Crippen molar-refractivity contribution >= 4 is 17.2 Å². The first-order valence-corrected chi connectivity index (χ1v) is 8.99. The van der Waals surface area contributed by atoms with Gasteiger partial charge in [-0.25, -0.2) is 9.50 Å². The Morgan fingerprint density at radius 3 is 2.59 bits per heavy atom. The van der Waals surface area contributed by atoms with Gasteiger partial charge in [-0.2, -0.15) is 0 Å². The lowest BCUT2D eigenvalue weighted by molar-refractivity contribution is -0.120. The Morgan fingerprint density at radius 2 is 1.93 bits per heavy atom. The van der Waals surface area contributed by atoms with E-state index in [9.17, 15) is 4.79 Å². The number of benzene rings is 1. The minimum atomic E-state index is -0.0229. The van der Waals surface area contributed by atoms with Crippen LogP contribution in [-0.4, -0.2) is 34.7 Å². The third kappa shape index (κ3) is 3.86. The summed E-state index contributed by atoms with van der Waals surface area (Å²) in [5, 5.41) is 7.32. The molecule has 0 aliphatic carbocycles. The Kier molecular flexibility index (Phi) is 5.59. The molecule has 1 amide bonds. The van der Waals surface area contributed by atoms with E-state index >= 15 is 0 Å². The summed E-state index contributed by atoms with van der Waals surface area (Å²) in [4.78, 5) is 17.1. The van der Waals surface area contributed by atoms with Gasteiger partial charge in [0, 0.05) is 17.5 Å². The molecule has 0 unspecified atom stereocenters. The molecule has 3 aromatic rings. The van der Waals surface area contributed by atoms with Crippen molar-refractivity contribution in [1.82, 2.24) is 14.6 Å². The van der Waals surface area contributed by atoms with Crippen LogP contribution in [0, 0.1) is 5.92 Å². The molecule has 0 atom stereocenters. The number of amides is 1. The fourth-order valence-corrected chi connectivity index (χ4v) is 2.97. The van der Waals surface area contributed by atoms with Gasteiger partial charge >= 0.3 is 0 Å². The lowest BCUT2D eigenvalue weighted by atomic mass is 10.0. The largest absolute Gasteiger partial charge is 0.495 e. The maximum absolute atomic E-state index is 12.5. The molecule has 27 heavy (non-hydrogen) atoms. The molecule has 7 nitrogen and oxygen atoms in total. The summed E-state index contributed by atoms with van der Waals surface area (Å²) in [5.74, 6) is 1.10. The third-order valence-corrected chi connectivity index (χ3v) is 4.61. The van der Waals surface area contributed by atoms with Gasteiger partial charge in [0.25, 0.3) is 0 Å². The molecular weight excluding hydrogens is 344 g/mol. The summed E-state index contributed by atoms with van der Waals surface area (Å²) in [7, 11) is 3.16. The van der Waals surface area contributed by atoms with Crippen molar-refractivity contribution in [3.63, 3.8) is 0 Å². The molecule has 2 aromatic heterocycles. The number of imidazole rings is 1. The monoisotopic (exact) mass is 368 g/mol. The highest BCUT2D eigenvalue weighted by Crippen LogP contribution is 2.31. The third-order valence-electron chi connectivity index (χ3n) is 4.61. The molecule has 3 rings (SSSR count). The molecule has 0 fully saturated rings. The Balaban J connectivity index is 1.96. The molecule has 0 spiro atoms. The number of methoxy groups -OCH3 is 2. The van der Waals surface area contributed by atoms with Gasteiger partial charge in [0.1, 0.15) is 5.75 Å². The van der Waals surface area contributed by atoms with Crippen molar-refractivity contribution < 1.29 is 14.3 Å². The van der Waals surface area contributed by atoms with Gasteiger partial charge in [-0.15, -0.1) is 5.10 Å². The molecule has 7 heteroatoms. The summed E-state index contributed by atoms with van der Waals surface area (Å²) in [6.07, 6.45) is 3.42. The molecular formula is C20H24N4O3. The molecule has 0 saturated carbocycles. The van der Waals surface area contributed by atoms with Crippen LogP contribution in [0.15, 0.2) is 36.5 Å². The van der Waals surface area contributed by atoms with Crippen molar-refractivity contribution in [3.05, 3.63) is 36.5 Å². The molecule has 0 radical (unpaired) electrons. The van der Waals surface area contributed by atoms with Crippen LogP contribution in [0.3, 0.4) is 0 Å². The van der Waals surface area contributed by atoms with E-state index < -0.39 is 0 Å². The quantitative estimate of drug-likeness (QED) is 0.686. The predicted octanol–water partition coefficient (Wildman–Crippen LogP) is 3.79. The zero-order valence-electron chi connectivity index (χ0n) is 16.0. The number of anilines is 1. The first-order valence-electron chi connectivity index (χ1n) is 8.99. The average molecular weight is 368 g/mol. The fraction of sp³-hybridized carbons (Fsp3) is 0.350. The van der Waals surface area contributed by atoms with E-state index in [4.69, 9.17) is 9.47 Å². The van der Waals surface area contributed by atoms with Gasteiger partial charge in [-0.1, -0.05) is 13.8 Å². The summed E-state index contributed by atoms with van der Waals surface area (Å²) < 4.78 is 12.2. The van der Waals surface area contributed by atoms with E-state index in [0.29, 0.717) is 23.0 Å². The summed E-state index contributed by atoms with van der Waals surface area (Å²) in [5.41, 5.74) is 2.95. The number of nitrogens with zero attached hydrogens (tertiary/aromatic N) is 3. The second-order valence-corrected chi connectivity index (χ2v) is 6.22. The maximum atomic E-state index is 12.5. The smallest absolute Gasteiger partial charge is 0.231 e. The number of aromatic nitrogens is 3. The second-order valence-electron chi connectivity index (χ2n) is 6.22. The highest BCUT2D eigenvalue weighted by molar-refractivity contribution is 5.94. The average Bonchev–Trinajstić information content (AvgIpc) is 3.12. The number of ether oxygens (including phenoxy) is 2. The Bertz CT molecular complexity index is 948. The van der Waals surface area contributed by atoms with E-state index in [0.717, 1.165) is 24.1 Å². The van der Waals surface area contributed by atoms with Crippen molar-refractivity contribution in [2.75, 3.05) is 19.5 Å². The van der Waals surface area contributed by atoms with Gasteiger partial charge in [-0.3, -0.25) is 4.79 Å². The molecule has 0 bridgehead atoms. The van der Waals surface area contributed by atoms with Crippen molar-refractivity contribution in [1.29, 1.82) is 0 Å². The fourth-order valence-electron chi connectivity index (χ4n) is 2.97. The van der Waals surface area contributed by atoms with Crippen LogP contribution in [0.1, 0.15) is 26.7 Å². The Hall–Kier alpha value is -3.09. The van der Waals surface area contributed by atoms with Crippen LogP contribution < -0.4 is 14.8 Å². The van der Waals surface area contributed by atoms with Crippen molar-refractivity contribution in [2.45, 2.75) is 26.7 Å². The minimum Gasteiger partial charge on any atom is -0.495 e. The SMILES string of the molecule is CCC(CC)C(=O)Nc1cc(-c2cn3nc(OC)ccc3n2)ccc1OC. The number of fused-ring (bicyclic) bond motifs is 1. The normalized spacial score (nSPS) is 11.0.